The van der Waals surface area contributed by atoms with Gasteiger partial charge in [0.25, 0.3) is 0 Å². The normalized spacial score (nSPS) is 25.3. The molecule has 0 unspecified atom stereocenters. The lowest BCUT2D eigenvalue weighted by atomic mass is 9.85. The van der Waals surface area contributed by atoms with Crippen molar-refractivity contribution in [2.24, 2.45) is 5.92 Å². The molecule has 0 aromatic carbocycles. The van der Waals surface area contributed by atoms with E-state index in [-0.39, 0.29) is 0 Å². The first-order chi connectivity index (χ1) is 8.70. The molecular weight excluding hydrogens is 222 g/mol. The van der Waals surface area contributed by atoms with E-state index in [1.54, 1.807) is 0 Å². The third kappa shape index (κ3) is 2.56. The zero-order valence-corrected chi connectivity index (χ0v) is 11.5. The Hall–Kier alpha value is -0.960. The summed E-state index contributed by atoms with van der Waals surface area (Å²) in [6.07, 6.45) is 5.57. The van der Waals surface area contributed by atoms with E-state index < -0.39 is 0 Å². The Morgan fingerprint density at radius 1 is 1.17 bits per heavy atom. The van der Waals surface area contributed by atoms with Crippen LogP contribution in [0.25, 0.3) is 0 Å². The molecule has 2 heterocycles. The number of likely N-dealkylation sites (tertiary alicyclic amines) is 1. The summed E-state index contributed by atoms with van der Waals surface area (Å²) < 4.78 is 0. The van der Waals surface area contributed by atoms with E-state index in [0.717, 1.165) is 23.1 Å². The van der Waals surface area contributed by atoms with Gasteiger partial charge in [-0.25, -0.2) is 9.97 Å². The summed E-state index contributed by atoms with van der Waals surface area (Å²) in [5, 5.41) is 0. The second kappa shape index (κ2) is 4.96. The van der Waals surface area contributed by atoms with Crippen LogP contribution >= 0.6 is 0 Å². The molecule has 0 amide bonds. The van der Waals surface area contributed by atoms with Crippen LogP contribution in [0.4, 0.5) is 0 Å². The van der Waals surface area contributed by atoms with E-state index in [2.05, 4.69) is 34.8 Å². The molecule has 18 heavy (non-hydrogen) atoms. The Morgan fingerprint density at radius 2 is 1.89 bits per heavy atom. The highest BCUT2D eigenvalue weighted by molar-refractivity contribution is 5.12. The van der Waals surface area contributed by atoms with Gasteiger partial charge in [0.15, 0.2) is 0 Å². The smallest absolute Gasteiger partial charge is 0.133 e. The van der Waals surface area contributed by atoms with Crippen molar-refractivity contribution in [1.82, 2.24) is 14.9 Å². The Morgan fingerprint density at radius 3 is 2.50 bits per heavy atom. The van der Waals surface area contributed by atoms with Gasteiger partial charge in [0, 0.05) is 30.4 Å². The molecule has 3 rings (SSSR count). The minimum Gasteiger partial charge on any atom is -0.302 e. The first-order valence-electron chi connectivity index (χ1n) is 7.25. The van der Waals surface area contributed by atoms with Crippen molar-refractivity contribution in [3.05, 3.63) is 23.3 Å². The number of aryl methyl sites for hydroxylation is 2. The van der Waals surface area contributed by atoms with Crippen LogP contribution < -0.4 is 0 Å². The molecule has 0 bridgehead atoms. The van der Waals surface area contributed by atoms with E-state index in [0.29, 0.717) is 5.92 Å². The van der Waals surface area contributed by atoms with Gasteiger partial charge >= 0.3 is 0 Å². The molecule has 1 aliphatic heterocycles. The van der Waals surface area contributed by atoms with Crippen molar-refractivity contribution < 1.29 is 0 Å². The van der Waals surface area contributed by atoms with E-state index in [1.807, 2.05) is 0 Å². The zero-order valence-electron chi connectivity index (χ0n) is 11.5. The molecule has 0 spiro atoms. The summed E-state index contributed by atoms with van der Waals surface area (Å²) in [6.45, 7) is 7.84. The second-order valence-electron chi connectivity index (χ2n) is 6.05. The van der Waals surface area contributed by atoms with Crippen LogP contribution in [0.3, 0.4) is 0 Å². The third-order valence-electron chi connectivity index (χ3n) is 4.38. The summed E-state index contributed by atoms with van der Waals surface area (Å²) in [6, 6.07) is 2.06. The van der Waals surface area contributed by atoms with Crippen LogP contribution in [0.5, 0.6) is 0 Å². The highest BCUT2D eigenvalue weighted by Gasteiger charge is 2.29. The SMILES string of the molecule is Cc1cc(C)nc([C@H]2CCN(CC3CCC3)C2)n1. The second-order valence-corrected chi connectivity index (χ2v) is 6.05. The fraction of sp³-hybridized carbons (Fsp3) is 0.733. The number of aromatic nitrogens is 2. The molecule has 1 aromatic heterocycles. The summed E-state index contributed by atoms with van der Waals surface area (Å²) in [5.41, 5.74) is 2.21. The van der Waals surface area contributed by atoms with Crippen molar-refractivity contribution in [2.75, 3.05) is 19.6 Å². The van der Waals surface area contributed by atoms with Crippen LogP contribution in [0.15, 0.2) is 6.07 Å². The van der Waals surface area contributed by atoms with Crippen LogP contribution in [0.2, 0.25) is 0 Å². The molecule has 1 atom stereocenters. The third-order valence-corrected chi connectivity index (χ3v) is 4.38. The average molecular weight is 245 g/mol. The topological polar surface area (TPSA) is 29.0 Å². The largest absolute Gasteiger partial charge is 0.302 e. The van der Waals surface area contributed by atoms with Crippen LogP contribution in [0.1, 0.15) is 48.8 Å². The molecule has 0 radical (unpaired) electrons. The maximum Gasteiger partial charge on any atom is 0.133 e. The van der Waals surface area contributed by atoms with Crippen LogP contribution in [-0.4, -0.2) is 34.5 Å². The standard InChI is InChI=1S/C15H23N3/c1-11-8-12(2)17-15(16-11)14-6-7-18(10-14)9-13-4-3-5-13/h8,13-14H,3-7,9-10H2,1-2H3/t14-/m0/s1. The van der Waals surface area contributed by atoms with Gasteiger partial charge in [0.05, 0.1) is 0 Å². The number of hydrogen-bond acceptors (Lipinski definition) is 3. The maximum absolute atomic E-state index is 4.63. The Bertz CT molecular complexity index is 405. The summed E-state index contributed by atoms with van der Waals surface area (Å²) in [7, 11) is 0. The molecule has 3 heteroatoms. The van der Waals surface area contributed by atoms with E-state index >= 15 is 0 Å². The lowest BCUT2D eigenvalue weighted by molar-refractivity contribution is 0.203. The molecule has 3 nitrogen and oxygen atoms in total. The minimum atomic E-state index is 0.559. The molecule has 1 aliphatic carbocycles. The van der Waals surface area contributed by atoms with Crippen molar-refractivity contribution in [1.29, 1.82) is 0 Å². The van der Waals surface area contributed by atoms with Gasteiger partial charge in [0.2, 0.25) is 0 Å². The van der Waals surface area contributed by atoms with Gasteiger partial charge in [-0.05, 0) is 51.6 Å². The van der Waals surface area contributed by atoms with Crippen molar-refractivity contribution >= 4 is 0 Å². The number of hydrogen-bond donors (Lipinski definition) is 0. The van der Waals surface area contributed by atoms with Gasteiger partial charge in [-0.2, -0.15) is 0 Å². The molecule has 98 valence electrons. The lowest BCUT2D eigenvalue weighted by Crippen LogP contribution is -2.30. The molecule has 2 aliphatic rings. The quantitative estimate of drug-likeness (QED) is 0.820. The molecule has 1 saturated heterocycles. The summed E-state index contributed by atoms with van der Waals surface area (Å²) in [4.78, 5) is 11.9. The van der Waals surface area contributed by atoms with Gasteiger partial charge < -0.3 is 4.90 Å². The Kier molecular flexibility index (Phi) is 3.33. The van der Waals surface area contributed by atoms with E-state index in [9.17, 15) is 0 Å². The monoisotopic (exact) mass is 245 g/mol. The highest BCUT2D eigenvalue weighted by Crippen LogP contribution is 2.31. The molecule has 2 fully saturated rings. The predicted molar refractivity (Wildman–Crippen MR) is 72.6 cm³/mol. The first kappa shape index (κ1) is 12.1. The fourth-order valence-electron chi connectivity index (χ4n) is 3.19. The van der Waals surface area contributed by atoms with Crippen molar-refractivity contribution in [3.63, 3.8) is 0 Å². The summed E-state index contributed by atoms with van der Waals surface area (Å²) in [5.74, 6) is 2.61. The van der Waals surface area contributed by atoms with Crippen molar-refractivity contribution in [2.45, 2.75) is 45.4 Å². The van der Waals surface area contributed by atoms with Crippen LogP contribution in [-0.2, 0) is 0 Å². The van der Waals surface area contributed by atoms with Gasteiger partial charge in [-0.3, -0.25) is 0 Å². The highest BCUT2D eigenvalue weighted by atomic mass is 15.2. The zero-order chi connectivity index (χ0) is 12.5. The lowest BCUT2D eigenvalue weighted by Gasteiger charge is -2.29. The number of nitrogens with zero attached hydrogens (tertiary/aromatic N) is 3. The van der Waals surface area contributed by atoms with Gasteiger partial charge in [0.1, 0.15) is 5.82 Å². The molecule has 1 saturated carbocycles. The fourth-order valence-corrected chi connectivity index (χ4v) is 3.19. The Labute approximate surface area is 110 Å². The van der Waals surface area contributed by atoms with Gasteiger partial charge in [-0.15, -0.1) is 0 Å². The maximum atomic E-state index is 4.63. The van der Waals surface area contributed by atoms with E-state index in [1.165, 1.54) is 45.3 Å². The van der Waals surface area contributed by atoms with E-state index in [4.69, 9.17) is 0 Å². The minimum absolute atomic E-state index is 0.559. The van der Waals surface area contributed by atoms with Gasteiger partial charge in [-0.1, -0.05) is 6.42 Å². The first-order valence-corrected chi connectivity index (χ1v) is 7.25. The van der Waals surface area contributed by atoms with Crippen LogP contribution in [0, 0.1) is 19.8 Å². The summed E-state index contributed by atoms with van der Waals surface area (Å²) >= 11 is 0. The predicted octanol–water partition coefficient (Wildman–Crippen LogP) is 2.68. The number of rotatable bonds is 3. The Balaban J connectivity index is 1.63. The molecule has 0 N–H and O–H groups in total. The molecule has 1 aromatic rings. The average Bonchev–Trinajstić information content (AvgIpc) is 2.70. The molecular formula is C15H23N3. The van der Waals surface area contributed by atoms with Crippen molar-refractivity contribution in [3.8, 4) is 0 Å².